The van der Waals surface area contributed by atoms with Crippen LogP contribution in [-0.2, 0) is 0 Å². The Kier molecular flexibility index (Phi) is 4.75. The van der Waals surface area contributed by atoms with Crippen molar-refractivity contribution >= 4 is 16.6 Å². The Morgan fingerprint density at radius 2 is 1.52 bits per heavy atom. The monoisotopic (exact) mass is 404 g/mol. The first-order valence-electron chi connectivity index (χ1n) is 10.4. The van der Waals surface area contributed by atoms with E-state index >= 15 is 0 Å². The van der Waals surface area contributed by atoms with Crippen LogP contribution in [0.3, 0.4) is 0 Å². The molecule has 31 heavy (non-hydrogen) atoms. The normalized spacial score (nSPS) is 13.9. The number of benzene rings is 2. The lowest BCUT2D eigenvalue weighted by Gasteiger charge is -2.23. The molecule has 0 atom stereocenters. The minimum Gasteiger partial charge on any atom is -0.345 e. The highest BCUT2D eigenvalue weighted by atomic mass is 15.2. The number of allylic oxidation sites excluding steroid dienone is 2. The summed E-state index contributed by atoms with van der Waals surface area (Å²) in [5, 5.41) is 0. The lowest BCUT2D eigenvalue weighted by Crippen LogP contribution is -2.18. The van der Waals surface area contributed by atoms with Crippen LogP contribution in [0.5, 0.6) is 0 Å². The molecular weight excluding hydrogens is 380 g/mol. The second kappa shape index (κ2) is 7.73. The van der Waals surface area contributed by atoms with E-state index in [0.717, 1.165) is 68.9 Å². The van der Waals surface area contributed by atoms with Gasteiger partial charge in [-0.25, -0.2) is 9.97 Å². The minimum absolute atomic E-state index is 0.620. The summed E-state index contributed by atoms with van der Waals surface area (Å²) in [7, 11) is 0. The van der Waals surface area contributed by atoms with Crippen LogP contribution in [0.25, 0.3) is 39.0 Å². The molecule has 1 aliphatic rings. The van der Waals surface area contributed by atoms with Crippen molar-refractivity contribution in [3.8, 4) is 22.4 Å². The summed E-state index contributed by atoms with van der Waals surface area (Å²) in [6.45, 7) is 13.5. The molecule has 152 valence electrons. The van der Waals surface area contributed by atoms with E-state index in [1.54, 1.807) is 6.33 Å². The molecule has 4 nitrogen and oxygen atoms in total. The molecule has 4 heteroatoms. The summed E-state index contributed by atoms with van der Waals surface area (Å²) in [4.78, 5) is 15.3. The van der Waals surface area contributed by atoms with E-state index in [-0.39, 0.29) is 0 Å². The highest BCUT2D eigenvalue weighted by Gasteiger charge is 2.24. The lowest BCUT2D eigenvalue weighted by molar-refractivity contribution is 0.518. The summed E-state index contributed by atoms with van der Waals surface area (Å²) >= 11 is 0. The number of aromatic amines is 1. The molecular formula is C27H24N4. The summed E-state index contributed by atoms with van der Waals surface area (Å²) < 4.78 is 0. The minimum atomic E-state index is 0.620. The molecule has 1 fully saturated rings. The van der Waals surface area contributed by atoms with Crippen LogP contribution in [0.15, 0.2) is 98.1 Å². The third-order valence-electron chi connectivity index (χ3n) is 5.83. The summed E-state index contributed by atoms with van der Waals surface area (Å²) in [5.41, 5.74) is 9.75. The van der Waals surface area contributed by atoms with Gasteiger partial charge < -0.3 is 9.88 Å². The molecule has 4 aromatic rings. The van der Waals surface area contributed by atoms with E-state index in [0.29, 0.717) is 6.54 Å². The Morgan fingerprint density at radius 1 is 0.903 bits per heavy atom. The zero-order chi connectivity index (χ0) is 21.4. The molecule has 2 aromatic heterocycles. The number of nitrogens with zero attached hydrogens (tertiary/aromatic N) is 3. The number of hydrogen-bond acceptors (Lipinski definition) is 3. The maximum atomic E-state index is 5.15. The Hall–Kier alpha value is -3.92. The highest BCUT2D eigenvalue weighted by molar-refractivity contribution is 6.02. The second-order valence-electron chi connectivity index (χ2n) is 7.86. The van der Waals surface area contributed by atoms with Crippen molar-refractivity contribution in [2.24, 2.45) is 0 Å². The zero-order valence-corrected chi connectivity index (χ0v) is 17.4. The lowest BCUT2D eigenvalue weighted by atomic mass is 9.96. The standard InChI is InChI=1S/C27H24N4/c1-18(16-31-19(2)14-15-20(31)3)24-23(21-10-6-4-7-11-21)26-27(29-17-28-26)25(30-24)22-12-8-5-9-13-22/h4-13,17H,1-3,14-16H2,(H,28,29). The van der Waals surface area contributed by atoms with Crippen LogP contribution in [0, 0.1) is 0 Å². The fourth-order valence-electron chi connectivity index (χ4n) is 4.21. The average Bonchev–Trinajstić information content (AvgIpc) is 3.41. The molecule has 0 unspecified atom stereocenters. The molecule has 0 aliphatic carbocycles. The maximum Gasteiger partial charge on any atom is 0.100 e. The third kappa shape index (κ3) is 3.36. The first-order valence-corrected chi connectivity index (χ1v) is 10.4. The second-order valence-corrected chi connectivity index (χ2v) is 7.86. The van der Waals surface area contributed by atoms with Crippen LogP contribution in [-0.4, -0.2) is 26.4 Å². The summed E-state index contributed by atoms with van der Waals surface area (Å²) in [6, 6.07) is 20.5. The van der Waals surface area contributed by atoms with Gasteiger partial charge in [-0.1, -0.05) is 80.4 Å². The zero-order valence-electron chi connectivity index (χ0n) is 17.4. The predicted octanol–water partition coefficient (Wildman–Crippen LogP) is 6.43. The number of hydrogen-bond donors (Lipinski definition) is 1. The van der Waals surface area contributed by atoms with Gasteiger partial charge >= 0.3 is 0 Å². The van der Waals surface area contributed by atoms with Gasteiger partial charge in [-0.05, 0) is 24.0 Å². The molecule has 0 bridgehead atoms. The van der Waals surface area contributed by atoms with E-state index < -0.39 is 0 Å². The van der Waals surface area contributed by atoms with E-state index in [9.17, 15) is 0 Å². The molecule has 2 aromatic carbocycles. The van der Waals surface area contributed by atoms with E-state index in [1.165, 1.54) is 0 Å². The number of H-pyrrole nitrogens is 1. The number of aromatic nitrogens is 3. The van der Waals surface area contributed by atoms with Crippen molar-refractivity contribution in [2.45, 2.75) is 12.8 Å². The van der Waals surface area contributed by atoms with Crippen molar-refractivity contribution in [3.05, 3.63) is 104 Å². The summed E-state index contributed by atoms with van der Waals surface area (Å²) in [5.74, 6) is 0. The van der Waals surface area contributed by atoms with Gasteiger partial charge in [0.2, 0.25) is 0 Å². The van der Waals surface area contributed by atoms with Crippen LogP contribution >= 0.6 is 0 Å². The van der Waals surface area contributed by atoms with Gasteiger partial charge in [-0.15, -0.1) is 0 Å². The van der Waals surface area contributed by atoms with Crippen LogP contribution in [0.1, 0.15) is 18.5 Å². The van der Waals surface area contributed by atoms with Crippen molar-refractivity contribution in [1.82, 2.24) is 19.9 Å². The molecule has 0 saturated carbocycles. The van der Waals surface area contributed by atoms with Gasteiger partial charge in [0.15, 0.2) is 0 Å². The Bertz CT molecular complexity index is 1280. The molecule has 3 heterocycles. The molecule has 5 rings (SSSR count). The van der Waals surface area contributed by atoms with Crippen molar-refractivity contribution in [1.29, 1.82) is 0 Å². The largest absolute Gasteiger partial charge is 0.345 e. The molecule has 1 saturated heterocycles. The van der Waals surface area contributed by atoms with E-state index in [1.807, 2.05) is 36.4 Å². The topological polar surface area (TPSA) is 44.8 Å². The first kappa shape index (κ1) is 19.1. The van der Waals surface area contributed by atoms with Gasteiger partial charge in [0.25, 0.3) is 0 Å². The van der Waals surface area contributed by atoms with Gasteiger partial charge in [-0.3, -0.25) is 0 Å². The first-order chi connectivity index (χ1) is 15.1. The number of nitrogens with one attached hydrogen (secondary N) is 1. The summed E-state index contributed by atoms with van der Waals surface area (Å²) in [6.07, 6.45) is 3.62. The number of likely N-dealkylation sites (tertiary alicyclic amines) is 1. The predicted molar refractivity (Wildman–Crippen MR) is 128 cm³/mol. The number of pyridine rings is 1. The van der Waals surface area contributed by atoms with Gasteiger partial charge in [0, 0.05) is 29.1 Å². The number of rotatable bonds is 5. The highest BCUT2D eigenvalue weighted by Crippen LogP contribution is 2.38. The fourth-order valence-corrected chi connectivity index (χ4v) is 4.21. The van der Waals surface area contributed by atoms with Crippen LogP contribution in [0.4, 0.5) is 0 Å². The smallest absolute Gasteiger partial charge is 0.100 e. The SMILES string of the molecule is C=C(CN1C(=C)CCC1=C)c1nc(-c2ccccc2)c2[nH]cnc2c1-c1ccccc1. The Morgan fingerprint density at radius 3 is 2.16 bits per heavy atom. The molecule has 0 radical (unpaired) electrons. The van der Waals surface area contributed by atoms with E-state index in [4.69, 9.17) is 9.97 Å². The Balaban J connectivity index is 1.72. The van der Waals surface area contributed by atoms with Crippen molar-refractivity contribution in [3.63, 3.8) is 0 Å². The molecule has 0 spiro atoms. The average molecular weight is 405 g/mol. The third-order valence-corrected chi connectivity index (χ3v) is 5.83. The fraction of sp³-hybridized carbons (Fsp3) is 0.111. The number of fused-ring (bicyclic) bond motifs is 1. The van der Waals surface area contributed by atoms with Crippen molar-refractivity contribution < 1.29 is 0 Å². The van der Waals surface area contributed by atoms with Crippen LogP contribution < -0.4 is 0 Å². The molecule has 0 amide bonds. The van der Waals surface area contributed by atoms with E-state index in [2.05, 4.69) is 53.9 Å². The Labute approximate surface area is 182 Å². The quantitative estimate of drug-likeness (QED) is 0.417. The number of imidazole rings is 1. The molecule has 1 aliphatic heterocycles. The van der Waals surface area contributed by atoms with Crippen molar-refractivity contribution in [2.75, 3.05) is 6.54 Å². The van der Waals surface area contributed by atoms with Crippen LogP contribution in [0.2, 0.25) is 0 Å². The van der Waals surface area contributed by atoms with Gasteiger partial charge in [0.05, 0.1) is 23.2 Å². The maximum absolute atomic E-state index is 5.15. The van der Waals surface area contributed by atoms with Gasteiger partial charge in [-0.2, -0.15) is 0 Å². The van der Waals surface area contributed by atoms with Gasteiger partial charge in [0.1, 0.15) is 5.52 Å². The molecule has 1 N–H and O–H groups in total.